The van der Waals surface area contributed by atoms with Crippen molar-refractivity contribution in [1.29, 1.82) is 0 Å². The predicted octanol–water partition coefficient (Wildman–Crippen LogP) is 2.65. The van der Waals surface area contributed by atoms with Crippen LogP contribution < -0.4 is 10.1 Å². The molecular weight excluding hydrogens is 338 g/mol. The minimum absolute atomic E-state index is 0.0236. The van der Waals surface area contributed by atoms with Gasteiger partial charge < -0.3 is 10.1 Å². The largest absolute Gasteiger partial charge is 0.497 e. The maximum Gasteiger partial charge on any atom is 0.238 e. The SMILES string of the molecule is COc1ccc(NC(=O)[C@@H]2CC(=O)N(C3CC3)C(=NC3CC3)S2)cc1. The molecule has 132 valence electrons. The molecule has 4 rings (SSSR count). The van der Waals surface area contributed by atoms with Crippen molar-refractivity contribution in [3.05, 3.63) is 24.3 Å². The van der Waals surface area contributed by atoms with Crippen LogP contribution in [0.2, 0.25) is 0 Å². The molecule has 1 aliphatic heterocycles. The maximum absolute atomic E-state index is 12.6. The van der Waals surface area contributed by atoms with Crippen LogP contribution in [-0.4, -0.2) is 46.3 Å². The van der Waals surface area contributed by atoms with E-state index >= 15 is 0 Å². The molecule has 0 unspecified atom stereocenters. The van der Waals surface area contributed by atoms with Crippen LogP contribution in [0.25, 0.3) is 0 Å². The molecule has 0 bridgehead atoms. The summed E-state index contributed by atoms with van der Waals surface area (Å²) < 4.78 is 5.12. The fourth-order valence-electron chi connectivity index (χ4n) is 2.78. The van der Waals surface area contributed by atoms with Gasteiger partial charge in [-0.25, -0.2) is 0 Å². The first kappa shape index (κ1) is 16.4. The maximum atomic E-state index is 12.6. The molecule has 7 heteroatoms. The smallest absolute Gasteiger partial charge is 0.238 e. The zero-order chi connectivity index (χ0) is 17.4. The van der Waals surface area contributed by atoms with E-state index < -0.39 is 5.25 Å². The molecule has 3 fully saturated rings. The van der Waals surface area contributed by atoms with Crippen LogP contribution in [0.15, 0.2) is 29.3 Å². The summed E-state index contributed by atoms with van der Waals surface area (Å²) in [4.78, 5) is 31.7. The number of rotatable bonds is 5. The molecule has 1 aromatic carbocycles. The molecule has 1 saturated heterocycles. The number of thioether (sulfide) groups is 1. The van der Waals surface area contributed by atoms with E-state index in [1.54, 1.807) is 31.4 Å². The van der Waals surface area contributed by atoms with Crippen LogP contribution in [0.5, 0.6) is 5.75 Å². The number of hydrogen-bond donors (Lipinski definition) is 1. The second-order valence-corrected chi connectivity index (χ2v) is 7.84. The molecule has 25 heavy (non-hydrogen) atoms. The van der Waals surface area contributed by atoms with Crippen molar-refractivity contribution in [3.8, 4) is 5.75 Å². The zero-order valence-electron chi connectivity index (χ0n) is 14.1. The number of nitrogens with zero attached hydrogens (tertiary/aromatic N) is 2. The fraction of sp³-hybridized carbons (Fsp3) is 0.500. The number of benzene rings is 1. The van der Waals surface area contributed by atoms with E-state index in [1.807, 2.05) is 4.90 Å². The molecule has 2 amide bonds. The molecule has 3 aliphatic rings. The van der Waals surface area contributed by atoms with Gasteiger partial charge in [-0.15, -0.1) is 0 Å². The molecule has 2 aliphatic carbocycles. The number of ether oxygens (including phenoxy) is 1. The molecule has 1 heterocycles. The highest BCUT2D eigenvalue weighted by atomic mass is 32.2. The van der Waals surface area contributed by atoms with E-state index in [-0.39, 0.29) is 18.2 Å². The molecule has 1 N–H and O–H groups in total. The summed E-state index contributed by atoms with van der Waals surface area (Å²) in [5.41, 5.74) is 0.698. The quantitative estimate of drug-likeness (QED) is 0.877. The van der Waals surface area contributed by atoms with E-state index in [2.05, 4.69) is 5.32 Å². The molecular formula is C18H21N3O3S. The fourth-order valence-corrected chi connectivity index (χ4v) is 4.00. The van der Waals surface area contributed by atoms with Crippen molar-refractivity contribution in [1.82, 2.24) is 4.90 Å². The number of nitrogens with one attached hydrogen (secondary N) is 1. The van der Waals surface area contributed by atoms with Gasteiger partial charge in [0, 0.05) is 18.2 Å². The van der Waals surface area contributed by atoms with Crippen LogP contribution in [0.4, 0.5) is 5.69 Å². The second-order valence-electron chi connectivity index (χ2n) is 6.67. The lowest BCUT2D eigenvalue weighted by atomic mass is 10.2. The van der Waals surface area contributed by atoms with Gasteiger partial charge >= 0.3 is 0 Å². The highest BCUT2D eigenvalue weighted by Gasteiger charge is 2.43. The lowest BCUT2D eigenvalue weighted by Gasteiger charge is -2.32. The molecule has 2 saturated carbocycles. The molecule has 0 spiro atoms. The Morgan fingerprint density at radius 1 is 1.24 bits per heavy atom. The number of amidine groups is 1. The van der Waals surface area contributed by atoms with Crippen molar-refractivity contribution in [3.63, 3.8) is 0 Å². The summed E-state index contributed by atoms with van der Waals surface area (Å²) in [7, 11) is 1.60. The summed E-state index contributed by atoms with van der Waals surface area (Å²) in [5.74, 6) is 0.608. The zero-order valence-corrected chi connectivity index (χ0v) is 14.9. The first-order valence-corrected chi connectivity index (χ1v) is 9.53. The van der Waals surface area contributed by atoms with E-state index in [0.717, 1.165) is 36.6 Å². The Morgan fingerprint density at radius 3 is 2.56 bits per heavy atom. The van der Waals surface area contributed by atoms with Gasteiger partial charge in [0.2, 0.25) is 11.8 Å². The molecule has 1 atom stereocenters. The van der Waals surface area contributed by atoms with Crippen LogP contribution >= 0.6 is 11.8 Å². The predicted molar refractivity (Wildman–Crippen MR) is 97.9 cm³/mol. The average Bonchev–Trinajstić information content (AvgIpc) is 3.50. The van der Waals surface area contributed by atoms with Crippen LogP contribution in [0.1, 0.15) is 32.1 Å². The van der Waals surface area contributed by atoms with Crippen molar-refractivity contribution < 1.29 is 14.3 Å². The summed E-state index contributed by atoms with van der Waals surface area (Å²) >= 11 is 1.43. The monoisotopic (exact) mass is 359 g/mol. The first-order chi connectivity index (χ1) is 12.1. The highest BCUT2D eigenvalue weighted by Crippen LogP contribution is 2.38. The van der Waals surface area contributed by atoms with Gasteiger partial charge in [-0.3, -0.25) is 19.5 Å². The van der Waals surface area contributed by atoms with E-state index in [0.29, 0.717) is 17.8 Å². The van der Waals surface area contributed by atoms with Crippen LogP contribution in [0.3, 0.4) is 0 Å². The molecule has 6 nitrogen and oxygen atoms in total. The van der Waals surface area contributed by atoms with E-state index in [1.165, 1.54) is 11.8 Å². The Hall–Kier alpha value is -2.02. The molecule has 0 radical (unpaired) electrons. The minimum Gasteiger partial charge on any atom is -0.497 e. The topological polar surface area (TPSA) is 71.0 Å². The Labute approximate surface area is 151 Å². The standard InChI is InChI=1S/C18H21N3O3S/c1-24-14-8-4-11(5-9-14)19-17(23)15-10-16(22)21(13-6-7-13)18(25-15)20-12-2-3-12/h4-5,8-9,12-13,15H,2-3,6-7,10H2,1H3,(H,19,23)/t15-/m0/s1. The number of carbonyl (C=O) groups is 2. The number of amides is 2. The van der Waals surface area contributed by atoms with Gasteiger partial charge in [-0.2, -0.15) is 0 Å². The van der Waals surface area contributed by atoms with Gasteiger partial charge in [0.05, 0.1) is 13.2 Å². The van der Waals surface area contributed by atoms with Gasteiger partial charge in [0.1, 0.15) is 11.0 Å². The summed E-state index contributed by atoms with van der Waals surface area (Å²) in [6.45, 7) is 0. The lowest BCUT2D eigenvalue weighted by Crippen LogP contribution is -2.46. The number of methoxy groups -OCH3 is 1. The summed E-state index contributed by atoms with van der Waals surface area (Å²) in [5, 5.41) is 3.21. The van der Waals surface area contributed by atoms with Gasteiger partial charge in [0.25, 0.3) is 0 Å². The highest BCUT2D eigenvalue weighted by molar-refractivity contribution is 8.15. The first-order valence-electron chi connectivity index (χ1n) is 8.65. The Morgan fingerprint density at radius 2 is 1.96 bits per heavy atom. The number of carbonyl (C=O) groups excluding carboxylic acids is 2. The van der Waals surface area contributed by atoms with Crippen LogP contribution in [0, 0.1) is 0 Å². The van der Waals surface area contributed by atoms with Gasteiger partial charge in [-0.05, 0) is 49.9 Å². The summed E-state index contributed by atoms with van der Waals surface area (Å²) in [6.07, 6.45) is 4.48. The van der Waals surface area contributed by atoms with E-state index in [4.69, 9.17) is 9.73 Å². The van der Waals surface area contributed by atoms with E-state index in [9.17, 15) is 9.59 Å². The third-order valence-electron chi connectivity index (χ3n) is 4.48. The van der Waals surface area contributed by atoms with Crippen molar-refractivity contribution in [2.24, 2.45) is 4.99 Å². The minimum atomic E-state index is -0.429. The van der Waals surface area contributed by atoms with Gasteiger partial charge in [0.15, 0.2) is 5.17 Å². The Kier molecular flexibility index (Phi) is 4.41. The number of aliphatic imine (C=N–C) groups is 1. The summed E-state index contributed by atoms with van der Waals surface area (Å²) in [6, 6.07) is 7.81. The third kappa shape index (κ3) is 3.81. The number of anilines is 1. The average molecular weight is 359 g/mol. The van der Waals surface area contributed by atoms with Crippen molar-refractivity contribution in [2.45, 2.75) is 49.4 Å². The Bertz CT molecular complexity index is 711. The lowest BCUT2D eigenvalue weighted by molar-refractivity contribution is -0.129. The number of hydrogen-bond acceptors (Lipinski definition) is 5. The van der Waals surface area contributed by atoms with Crippen molar-refractivity contribution in [2.75, 3.05) is 12.4 Å². The Balaban J connectivity index is 1.45. The second kappa shape index (κ2) is 6.71. The molecule has 1 aromatic rings. The van der Waals surface area contributed by atoms with Crippen LogP contribution in [-0.2, 0) is 9.59 Å². The van der Waals surface area contributed by atoms with Crippen molar-refractivity contribution >= 4 is 34.4 Å². The normalized spacial score (nSPS) is 25.2. The third-order valence-corrected chi connectivity index (χ3v) is 5.66. The van der Waals surface area contributed by atoms with Gasteiger partial charge in [-0.1, -0.05) is 11.8 Å². The molecule has 0 aromatic heterocycles.